The molecule has 0 radical (unpaired) electrons. The first-order chi connectivity index (χ1) is 11.1. The number of carbonyl (C=O) groups excluding carboxylic acids is 2. The molecule has 0 saturated heterocycles. The Morgan fingerprint density at radius 2 is 1.91 bits per heavy atom. The zero-order valence-corrected chi connectivity index (χ0v) is 13.1. The van der Waals surface area contributed by atoms with Crippen molar-refractivity contribution in [2.75, 3.05) is 12.4 Å². The molecule has 0 spiro atoms. The molecule has 1 atom stereocenters. The summed E-state index contributed by atoms with van der Waals surface area (Å²) < 4.78 is 5.04. The number of methoxy groups -OCH3 is 1. The van der Waals surface area contributed by atoms with Crippen molar-refractivity contribution in [2.45, 2.75) is 19.6 Å². The van der Waals surface area contributed by atoms with Gasteiger partial charge in [-0.3, -0.25) is 14.6 Å². The Labute approximate surface area is 134 Å². The van der Waals surface area contributed by atoms with E-state index in [0.717, 1.165) is 11.1 Å². The van der Waals surface area contributed by atoms with Crippen molar-refractivity contribution < 1.29 is 14.3 Å². The summed E-state index contributed by atoms with van der Waals surface area (Å²) in [5, 5.41) is 5.23. The van der Waals surface area contributed by atoms with Crippen LogP contribution >= 0.6 is 0 Å². The maximum Gasteiger partial charge on any atom is 0.313 e. The van der Waals surface area contributed by atoms with Gasteiger partial charge in [0.25, 0.3) is 0 Å². The number of hydrogen-bond acceptors (Lipinski definition) is 4. The molecular formula is C17H19N3O3. The van der Waals surface area contributed by atoms with Crippen LogP contribution in [0.15, 0.2) is 48.8 Å². The number of nitrogens with one attached hydrogen (secondary N) is 2. The van der Waals surface area contributed by atoms with E-state index in [1.807, 2.05) is 6.07 Å². The number of nitrogens with zero attached hydrogens (tertiary/aromatic N) is 1. The summed E-state index contributed by atoms with van der Waals surface area (Å²) >= 11 is 0. The van der Waals surface area contributed by atoms with Crippen molar-refractivity contribution in [1.82, 2.24) is 10.3 Å². The highest BCUT2D eigenvalue weighted by molar-refractivity contribution is 6.39. The quantitative estimate of drug-likeness (QED) is 0.828. The Morgan fingerprint density at radius 3 is 2.61 bits per heavy atom. The standard InChI is InChI=1S/C17H19N3O3/c1-12(14-6-8-18-9-7-14)19-16(21)17(22)20-15-5-3-4-13(10-15)11-23-2/h3-10,12H,11H2,1-2H3,(H,19,21)(H,20,22). The first kappa shape index (κ1) is 16.6. The largest absolute Gasteiger partial charge is 0.380 e. The summed E-state index contributed by atoms with van der Waals surface area (Å²) in [6.07, 6.45) is 3.28. The number of anilines is 1. The summed E-state index contributed by atoms with van der Waals surface area (Å²) in [4.78, 5) is 27.9. The monoisotopic (exact) mass is 313 g/mol. The molecule has 23 heavy (non-hydrogen) atoms. The lowest BCUT2D eigenvalue weighted by Crippen LogP contribution is -2.36. The van der Waals surface area contributed by atoms with Crippen LogP contribution in [0, 0.1) is 0 Å². The summed E-state index contributed by atoms with van der Waals surface area (Å²) in [6, 6.07) is 10.5. The topological polar surface area (TPSA) is 80.3 Å². The minimum Gasteiger partial charge on any atom is -0.380 e. The molecule has 1 aromatic heterocycles. The number of aromatic nitrogens is 1. The highest BCUT2D eigenvalue weighted by Crippen LogP contribution is 2.12. The predicted octanol–water partition coefficient (Wildman–Crippen LogP) is 2.04. The minimum atomic E-state index is -0.708. The van der Waals surface area contributed by atoms with Crippen LogP contribution in [0.1, 0.15) is 24.1 Å². The average Bonchev–Trinajstić information content (AvgIpc) is 2.56. The molecule has 0 saturated carbocycles. The van der Waals surface area contributed by atoms with Gasteiger partial charge in [-0.15, -0.1) is 0 Å². The molecule has 0 bridgehead atoms. The Morgan fingerprint density at radius 1 is 1.17 bits per heavy atom. The zero-order valence-electron chi connectivity index (χ0n) is 13.1. The van der Waals surface area contributed by atoms with Gasteiger partial charge in [0.1, 0.15) is 0 Å². The van der Waals surface area contributed by atoms with Gasteiger partial charge in [-0.2, -0.15) is 0 Å². The molecular weight excluding hydrogens is 294 g/mol. The molecule has 0 fully saturated rings. The van der Waals surface area contributed by atoms with Crippen LogP contribution in [0.2, 0.25) is 0 Å². The van der Waals surface area contributed by atoms with Gasteiger partial charge in [0, 0.05) is 25.2 Å². The lowest BCUT2D eigenvalue weighted by atomic mass is 10.1. The Balaban J connectivity index is 1.95. The summed E-state index contributed by atoms with van der Waals surface area (Å²) in [6.45, 7) is 2.24. The van der Waals surface area contributed by atoms with Gasteiger partial charge < -0.3 is 15.4 Å². The number of amides is 2. The Bertz CT molecular complexity index is 674. The molecule has 1 heterocycles. The molecule has 2 N–H and O–H groups in total. The predicted molar refractivity (Wildman–Crippen MR) is 86.6 cm³/mol. The molecule has 120 valence electrons. The highest BCUT2D eigenvalue weighted by Gasteiger charge is 2.17. The van der Waals surface area contributed by atoms with Crippen LogP contribution in [0.5, 0.6) is 0 Å². The first-order valence-corrected chi connectivity index (χ1v) is 7.20. The number of hydrogen-bond donors (Lipinski definition) is 2. The molecule has 0 aliphatic rings. The van der Waals surface area contributed by atoms with Crippen LogP contribution in [0.4, 0.5) is 5.69 Å². The molecule has 0 aliphatic carbocycles. The number of ether oxygens (including phenoxy) is 1. The zero-order chi connectivity index (χ0) is 16.7. The van der Waals surface area contributed by atoms with Gasteiger partial charge in [0.2, 0.25) is 0 Å². The van der Waals surface area contributed by atoms with Gasteiger partial charge in [0.05, 0.1) is 12.6 Å². The molecule has 1 unspecified atom stereocenters. The van der Waals surface area contributed by atoms with E-state index in [2.05, 4.69) is 15.6 Å². The summed E-state index contributed by atoms with van der Waals surface area (Å²) in [5.41, 5.74) is 2.34. The molecule has 2 amide bonds. The van der Waals surface area contributed by atoms with E-state index >= 15 is 0 Å². The van der Waals surface area contributed by atoms with Gasteiger partial charge in [-0.25, -0.2) is 0 Å². The number of pyridine rings is 1. The van der Waals surface area contributed by atoms with E-state index in [-0.39, 0.29) is 6.04 Å². The van der Waals surface area contributed by atoms with Crippen LogP contribution in [-0.4, -0.2) is 23.9 Å². The van der Waals surface area contributed by atoms with E-state index in [4.69, 9.17) is 4.74 Å². The average molecular weight is 313 g/mol. The van der Waals surface area contributed by atoms with E-state index in [0.29, 0.717) is 12.3 Å². The van der Waals surface area contributed by atoms with Crippen LogP contribution in [0.3, 0.4) is 0 Å². The lowest BCUT2D eigenvalue weighted by molar-refractivity contribution is -0.136. The minimum absolute atomic E-state index is 0.281. The van der Waals surface area contributed by atoms with E-state index in [1.165, 1.54) is 0 Å². The van der Waals surface area contributed by atoms with Crippen molar-refractivity contribution in [3.63, 3.8) is 0 Å². The van der Waals surface area contributed by atoms with E-state index in [9.17, 15) is 9.59 Å². The van der Waals surface area contributed by atoms with E-state index < -0.39 is 11.8 Å². The third kappa shape index (κ3) is 4.89. The van der Waals surface area contributed by atoms with Gasteiger partial charge in [0.15, 0.2) is 0 Å². The fourth-order valence-corrected chi connectivity index (χ4v) is 2.09. The smallest absolute Gasteiger partial charge is 0.313 e. The molecule has 1 aromatic carbocycles. The maximum absolute atomic E-state index is 12.0. The van der Waals surface area contributed by atoms with Crippen LogP contribution in [-0.2, 0) is 20.9 Å². The second-order valence-corrected chi connectivity index (χ2v) is 5.06. The number of carbonyl (C=O) groups is 2. The normalized spacial score (nSPS) is 11.6. The molecule has 0 aliphatic heterocycles. The molecule has 6 heteroatoms. The van der Waals surface area contributed by atoms with Crippen LogP contribution in [0.25, 0.3) is 0 Å². The second kappa shape index (κ2) is 8.05. The summed E-state index contributed by atoms with van der Waals surface area (Å²) in [5.74, 6) is -1.40. The first-order valence-electron chi connectivity index (χ1n) is 7.20. The molecule has 6 nitrogen and oxygen atoms in total. The number of benzene rings is 1. The van der Waals surface area contributed by atoms with Gasteiger partial charge in [-0.1, -0.05) is 12.1 Å². The third-order valence-electron chi connectivity index (χ3n) is 3.26. The Kier molecular flexibility index (Phi) is 5.82. The fourth-order valence-electron chi connectivity index (χ4n) is 2.09. The van der Waals surface area contributed by atoms with Crippen molar-refractivity contribution in [1.29, 1.82) is 0 Å². The van der Waals surface area contributed by atoms with E-state index in [1.54, 1.807) is 56.8 Å². The van der Waals surface area contributed by atoms with Crippen molar-refractivity contribution in [3.8, 4) is 0 Å². The van der Waals surface area contributed by atoms with Gasteiger partial charge >= 0.3 is 11.8 Å². The Hall–Kier alpha value is -2.73. The fraction of sp³-hybridized carbons (Fsp3) is 0.235. The third-order valence-corrected chi connectivity index (χ3v) is 3.26. The van der Waals surface area contributed by atoms with Crippen molar-refractivity contribution in [2.24, 2.45) is 0 Å². The van der Waals surface area contributed by atoms with Crippen molar-refractivity contribution >= 4 is 17.5 Å². The lowest BCUT2D eigenvalue weighted by Gasteiger charge is -2.14. The SMILES string of the molecule is COCc1cccc(NC(=O)C(=O)NC(C)c2ccncc2)c1. The van der Waals surface area contributed by atoms with Crippen molar-refractivity contribution in [3.05, 3.63) is 59.9 Å². The molecule has 2 aromatic rings. The van der Waals surface area contributed by atoms with Gasteiger partial charge in [-0.05, 0) is 42.3 Å². The maximum atomic E-state index is 12.0. The highest BCUT2D eigenvalue weighted by atomic mass is 16.5. The molecule has 2 rings (SSSR count). The summed E-state index contributed by atoms with van der Waals surface area (Å²) in [7, 11) is 1.60. The second-order valence-electron chi connectivity index (χ2n) is 5.06. The number of rotatable bonds is 5. The van der Waals surface area contributed by atoms with Crippen LogP contribution < -0.4 is 10.6 Å².